The highest BCUT2D eigenvalue weighted by Gasteiger charge is 2.36. The molecule has 1 aliphatic heterocycles. The molecule has 3 atom stereocenters. The molecule has 2 unspecified atom stereocenters. The second-order valence-corrected chi connectivity index (χ2v) is 12.9. The van der Waals surface area contributed by atoms with Crippen molar-refractivity contribution in [2.24, 2.45) is 11.7 Å². The smallest absolute Gasteiger partial charge is 0.232 e. The summed E-state index contributed by atoms with van der Waals surface area (Å²) < 4.78 is 12.0. The molecule has 5 rings (SSSR count). The fourth-order valence-corrected chi connectivity index (χ4v) is 6.82. The Kier molecular flexibility index (Phi) is 10.4. The molecular weight excluding hydrogens is 586 g/mol. The summed E-state index contributed by atoms with van der Waals surface area (Å²) in [5, 5.41) is 0.632. The first kappa shape index (κ1) is 32.8. The molecular formula is C37H46ClN3O4. The molecule has 3 aromatic rings. The topological polar surface area (TPSA) is 85.1 Å². The minimum atomic E-state index is -0.390. The van der Waals surface area contributed by atoms with Gasteiger partial charge in [-0.25, -0.2) is 0 Å². The third-order valence-electron chi connectivity index (χ3n) is 9.54. The van der Waals surface area contributed by atoms with E-state index in [2.05, 4.69) is 13.8 Å². The molecule has 2 N–H and O–H groups in total. The van der Waals surface area contributed by atoms with Gasteiger partial charge < -0.3 is 25.0 Å². The van der Waals surface area contributed by atoms with E-state index < -0.39 is 6.04 Å². The first-order valence-corrected chi connectivity index (χ1v) is 16.6. The van der Waals surface area contributed by atoms with Crippen LogP contribution >= 0.6 is 11.6 Å². The number of fused-ring (bicyclic) bond motifs is 1. The zero-order valence-corrected chi connectivity index (χ0v) is 27.8. The molecule has 2 aliphatic rings. The summed E-state index contributed by atoms with van der Waals surface area (Å²) in [6.45, 7) is 8.86. The summed E-state index contributed by atoms with van der Waals surface area (Å²) in [4.78, 5) is 31.3. The molecule has 0 radical (unpaired) electrons. The zero-order valence-electron chi connectivity index (χ0n) is 27.1. The van der Waals surface area contributed by atoms with E-state index in [1.807, 2.05) is 84.3 Å². The van der Waals surface area contributed by atoms with Crippen molar-refractivity contribution in [3.05, 3.63) is 87.9 Å². The summed E-state index contributed by atoms with van der Waals surface area (Å²) >= 11 is 6.28. The molecule has 240 valence electrons. The number of benzene rings is 3. The SMILES string of the molecule is CC[C@@H](C)Oc1cc2c(cc1OC)CC(=O)N(c1ccc(C(C)N(CC)C(=O)C3CCC(N)CC3)cc1)C2c1ccc(Cl)cc1. The van der Waals surface area contributed by atoms with Crippen molar-refractivity contribution in [3.8, 4) is 11.5 Å². The number of anilines is 1. The molecule has 1 aliphatic carbocycles. The number of nitrogens with two attached hydrogens (primary N) is 1. The van der Waals surface area contributed by atoms with Crippen LogP contribution in [0, 0.1) is 5.92 Å². The number of hydrogen-bond donors (Lipinski definition) is 1. The number of halogens is 1. The maximum Gasteiger partial charge on any atom is 0.232 e. The van der Waals surface area contributed by atoms with E-state index in [-0.39, 0.29) is 42.3 Å². The van der Waals surface area contributed by atoms with E-state index in [0.717, 1.165) is 60.0 Å². The predicted octanol–water partition coefficient (Wildman–Crippen LogP) is 7.63. The summed E-state index contributed by atoms with van der Waals surface area (Å²) in [6, 6.07) is 19.4. The van der Waals surface area contributed by atoms with Gasteiger partial charge in [0.25, 0.3) is 0 Å². The summed E-state index contributed by atoms with van der Waals surface area (Å²) in [5.74, 6) is 1.51. The van der Waals surface area contributed by atoms with Crippen molar-refractivity contribution in [3.63, 3.8) is 0 Å². The van der Waals surface area contributed by atoms with Gasteiger partial charge >= 0.3 is 0 Å². The number of carbonyl (C=O) groups is 2. The van der Waals surface area contributed by atoms with Gasteiger partial charge in [-0.2, -0.15) is 0 Å². The van der Waals surface area contributed by atoms with E-state index in [9.17, 15) is 9.59 Å². The first-order chi connectivity index (χ1) is 21.6. The number of ether oxygens (including phenoxy) is 2. The highest BCUT2D eigenvalue weighted by Crippen LogP contribution is 2.44. The molecule has 1 saturated carbocycles. The minimum Gasteiger partial charge on any atom is -0.493 e. The highest BCUT2D eigenvalue weighted by atomic mass is 35.5. The average molecular weight is 632 g/mol. The van der Waals surface area contributed by atoms with Crippen molar-refractivity contribution in [2.45, 2.75) is 90.4 Å². The van der Waals surface area contributed by atoms with Crippen molar-refractivity contribution in [1.29, 1.82) is 0 Å². The standard InChI is InChI=1S/C37H46ClN3O4/c1-6-23(3)45-34-22-32-28(20-33(34)44-5)21-35(42)41(36(32)26-8-14-29(38)15-9-26)31-18-12-25(13-19-31)24(4)40(7-2)37(43)27-10-16-30(39)17-11-27/h8-9,12-15,18-20,22-24,27,30,36H,6-7,10-11,16-17,21,39H2,1-5H3/t23-,24?,27?,30?,36?/m1/s1. The molecule has 1 fully saturated rings. The van der Waals surface area contributed by atoms with E-state index >= 15 is 0 Å². The maximum atomic E-state index is 13.9. The lowest BCUT2D eigenvalue weighted by Crippen LogP contribution is -2.41. The molecule has 8 heteroatoms. The number of hydrogen-bond acceptors (Lipinski definition) is 5. The Balaban J connectivity index is 1.49. The van der Waals surface area contributed by atoms with Crippen molar-refractivity contribution >= 4 is 29.1 Å². The molecule has 1 heterocycles. The van der Waals surface area contributed by atoms with Crippen LogP contribution in [0.5, 0.6) is 11.5 Å². The van der Waals surface area contributed by atoms with Gasteiger partial charge in [-0.1, -0.05) is 42.8 Å². The van der Waals surface area contributed by atoms with Crippen LogP contribution in [0.3, 0.4) is 0 Å². The second kappa shape index (κ2) is 14.3. The summed E-state index contributed by atoms with van der Waals surface area (Å²) in [5.41, 5.74) is 10.8. The van der Waals surface area contributed by atoms with E-state index in [0.29, 0.717) is 23.1 Å². The quantitative estimate of drug-likeness (QED) is 0.249. The van der Waals surface area contributed by atoms with E-state index in [1.165, 1.54) is 0 Å². The van der Waals surface area contributed by atoms with Crippen LogP contribution in [0.4, 0.5) is 5.69 Å². The average Bonchev–Trinajstić information content (AvgIpc) is 3.05. The molecule has 0 aromatic heterocycles. The Morgan fingerprint density at radius 2 is 1.67 bits per heavy atom. The van der Waals surface area contributed by atoms with Gasteiger partial charge in [-0.05, 0) is 112 Å². The Labute approximate surface area is 272 Å². The van der Waals surface area contributed by atoms with Crippen LogP contribution in [-0.2, 0) is 16.0 Å². The van der Waals surface area contributed by atoms with Crippen LogP contribution in [-0.4, -0.2) is 42.5 Å². The van der Waals surface area contributed by atoms with Gasteiger partial charge in [0, 0.05) is 29.2 Å². The summed E-state index contributed by atoms with van der Waals surface area (Å²) in [6.07, 6.45) is 4.60. The van der Waals surface area contributed by atoms with E-state index in [1.54, 1.807) is 7.11 Å². The minimum absolute atomic E-state index is 0.00653. The zero-order chi connectivity index (χ0) is 32.2. The van der Waals surface area contributed by atoms with Crippen LogP contribution in [0.25, 0.3) is 0 Å². The number of methoxy groups -OCH3 is 1. The van der Waals surface area contributed by atoms with Crippen molar-refractivity contribution in [2.75, 3.05) is 18.6 Å². The third-order valence-corrected chi connectivity index (χ3v) is 9.80. The first-order valence-electron chi connectivity index (χ1n) is 16.3. The maximum absolute atomic E-state index is 13.9. The van der Waals surface area contributed by atoms with Crippen molar-refractivity contribution in [1.82, 2.24) is 4.90 Å². The molecule has 3 aromatic carbocycles. The lowest BCUT2D eigenvalue weighted by molar-refractivity contribution is -0.138. The number of rotatable bonds is 10. The Bertz CT molecular complexity index is 1480. The molecule has 7 nitrogen and oxygen atoms in total. The lowest BCUT2D eigenvalue weighted by Gasteiger charge is -2.38. The monoisotopic (exact) mass is 631 g/mol. The van der Waals surface area contributed by atoms with Gasteiger partial charge in [-0.3, -0.25) is 9.59 Å². The van der Waals surface area contributed by atoms with Gasteiger partial charge in [0.15, 0.2) is 11.5 Å². The molecule has 0 saturated heterocycles. The van der Waals surface area contributed by atoms with E-state index in [4.69, 9.17) is 26.8 Å². The number of carbonyl (C=O) groups excluding carboxylic acids is 2. The Morgan fingerprint density at radius 1 is 1.00 bits per heavy atom. The van der Waals surface area contributed by atoms with Crippen LogP contribution in [0.2, 0.25) is 5.02 Å². The summed E-state index contributed by atoms with van der Waals surface area (Å²) in [7, 11) is 1.62. The van der Waals surface area contributed by atoms with Gasteiger partial charge in [0.2, 0.25) is 11.8 Å². The highest BCUT2D eigenvalue weighted by molar-refractivity contribution is 6.30. The number of amides is 2. The molecule has 0 bridgehead atoms. The van der Waals surface area contributed by atoms with Gasteiger partial charge in [0.1, 0.15) is 0 Å². The van der Waals surface area contributed by atoms with Gasteiger partial charge in [0.05, 0.1) is 31.7 Å². The fraction of sp³-hybridized carbons (Fsp3) is 0.459. The predicted molar refractivity (Wildman–Crippen MR) is 180 cm³/mol. The largest absolute Gasteiger partial charge is 0.493 e. The van der Waals surface area contributed by atoms with Crippen LogP contribution in [0.15, 0.2) is 60.7 Å². The number of nitrogens with zero attached hydrogens (tertiary/aromatic N) is 2. The molecule has 0 spiro atoms. The van der Waals surface area contributed by atoms with Crippen LogP contribution < -0.4 is 20.1 Å². The fourth-order valence-electron chi connectivity index (χ4n) is 6.69. The second-order valence-electron chi connectivity index (χ2n) is 12.4. The molecule has 2 amide bonds. The lowest BCUT2D eigenvalue weighted by atomic mass is 9.85. The van der Waals surface area contributed by atoms with Crippen molar-refractivity contribution < 1.29 is 19.1 Å². The third kappa shape index (κ3) is 7.00. The Morgan fingerprint density at radius 3 is 2.27 bits per heavy atom. The van der Waals surface area contributed by atoms with Crippen LogP contribution in [0.1, 0.15) is 94.1 Å². The normalized spacial score (nSPS) is 21.1. The Hall–Kier alpha value is -3.55. The molecule has 45 heavy (non-hydrogen) atoms. The van der Waals surface area contributed by atoms with Gasteiger partial charge in [-0.15, -0.1) is 0 Å².